The van der Waals surface area contributed by atoms with E-state index in [2.05, 4.69) is 76.0 Å². The summed E-state index contributed by atoms with van der Waals surface area (Å²) in [4.78, 5) is 30.6. The van der Waals surface area contributed by atoms with Crippen LogP contribution in [0.1, 0.15) is 22.8 Å². The summed E-state index contributed by atoms with van der Waals surface area (Å²) in [6.07, 6.45) is 8.25. The summed E-state index contributed by atoms with van der Waals surface area (Å²) in [6, 6.07) is 40.1. The fraction of sp³-hybridized carbons (Fsp3) is 0.118. The number of H-pyrrole nitrogens is 2. The van der Waals surface area contributed by atoms with Crippen molar-refractivity contribution in [3.05, 3.63) is 144 Å². The molecule has 11 heteroatoms. The molecule has 62 heavy (non-hydrogen) atoms. The molecule has 0 saturated carbocycles. The monoisotopic (exact) mass is 820 g/mol. The molecular weight excluding hydrogens is 777 g/mol. The highest BCUT2D eigenvalue weighted by molar-refractivity contribution is 6.00. The summed E-state index contributed by atoms with van der Waals surface area (Å²) in [5.74, 6) is 2.60. The van der Waals surface area contributed by atoms with Crippen molar-refractivity contribution in [2.45, 2.75) is 0 Å². The lowest BCUT2D eigenvalue weighted by Crippen LogP contribution is -2.32. The third-order valence-electron chi connectivity index (χ3n) is 10.9. The van der Waals surface area contributed by atoms with E-state index in [-0.39, 0.29) is 12.5 Å². The number of fused-ring (bicyclic) bond motifs is 8. The first-order valence-electron chi connectivity index (χ1n) is 20.2. The van der Waals surface area contributed by atoms with Crippen LogP contribution in [-0.4, -0.2) is 66.9 Å². The molecule has 2 aliphatic heterocycles. The summed E-state index contributed by atoms with van der Waals surface area (Å²) in [7, 11) is 4.99. The van der Waals surface area contributed by atoms with E-state index in [9.17, 15) is 4.79 Å². The van der Waals surface area contributed by atoms with Gasteiger partial charge in [0.15, 0.2) is 6.61 Å². The lowest BCUT2D eigenvalue weighted by atomic mass is 10.0. The molecule has 308 valence electrons. The standard InChI is InChI=1S/C51H44N6O5/c1-59-35-12-4-31(5-13-35)48-39-20-22-41(54-39)49(32-6-14-36(60-2)15-7-32)43-24-26-45(56-43)51(34-10-18-38(19-11-34)62-30-47(58)53-29-28-52)46-27-25-44(57-46)50(42-23-21-40(48)55-42)33-8-16-37(61-3)17-9-33/h4-27,54,57H,28-30,52H2,1-3H3,(H,53,58). The van der Waals surface area contributed by atoms with Crippen molar-refractivity contribution in [1.29, 1.82) is 0 Å². The van der Waals surface area contributed by atoms with E-state index < -0.39 is 0 Å². The number of aromatic amines is 2. The van der Waals surface area contributed by atoms with Gasteiger partial charge in [-0.05, 0) is 119 Å². The molecule has 0 saturated heterocycles. The van der Waals surface area contributed by atoms with Crippen LogP contribution < -0.4 is 30.0 Å². The Labute approximate surface area is 358 Å². The van der Waals surface area contributed by atoms with Crippen LogP contribution in [-0.2, 0) is 4.79 Å². The molecule has 0 unspecified atom stereocenters. The maximum Gasteiger partial charge on any atom is 0.257 e. The Hall–Kier alpha value is -7.89. The van der Waals surface area contributed by atoms with Crippen molar-refractivity contribution in [3.63, 3.8) is 0 Å². The van der Waals surface area contributed by atoms with Crippen molar-refractivity contribution in [2.75, 3.05) is 41.0 Å². The van der Waals surface area contributed by atoms with Gasteiger partial charge in [-0.15, -0.1) is 0 Å². The Morgan fingerprint density at radius 1 is 0.484 bits per heavy atom. The molecule has 0 spiro atoms. The van der Waals surface area contributed by atoms with Crippen molar-refractivity contribution in [3.8, 4) is 67.5 Å². The van der Waals surface area contributed by atoms with Crippen LogP contribution in [0.5, 0.6) is 23.0 Å². The van der Waals surface area contributed by atoms with E-state index in [0.717, 1.165) is 107 Å². The number of amides is 1. The van der Waals surface area contributed by atoms with Gasteiger partial charge in [-0.2, -0.15) is 0 Å². The van der Waals surface area contributed by atoms with Crippen LogP contribution in [0.15, 0.2) is 121 Å². The summed E-state index contributed by atoms with van der Waals surface area (Å²) in [5.41, 5.74) is 19.6. The van der Waals surface area contributed by atoms with Crippen LogP contribution in [0, 0.1) is 0 Å². The number of nitrogens with two attached hydrogens (primary N) is 1. The highest BCUT2D eigenvalue weighted by Crippen LogP contribution is 2.39. The van der Waals surface area contributed by atoms with Crippen molar-refractivity contribution in [2.24, 2.45) is 5.73 Å². The van der Waals surface area contributed by atoms with Gasteiger partial charge < -0.3 is 40.0 Å². The van der Waals surface area contributed by atoms with Gasteiger partial charge in [-0.1, -0.05) is 48.5 Å². The first-order chi connectivity index (χ1) is 30.4. The number of hydrogen-bond acceptors (Lipinski definition) is 8. The summed E-state index contributed by atoms with van der Waals surface area (Å²) < 4.78 is 22.4. The van der Waals surface area contributed by atoms with Gasteiger partial charge in [0.05, 0.1) is 44.1 Å². The molecular formula is C51H44N6O5. The zero-order valence-corrected chi connectivity index (χ0v) is 34.5. The highest BCUT2D eigenvalue weighted by atomic mass is 16.5. The van der Waals surface area contributed by atoms with Gasteiger partial charge in [0.2, 0.25) is 0 Å². The molecule has 1 amide bonds. The average Bonchev–Trinajstić information content (AvgIpc) is 4.17. The molecule has 0 radical (unpaired) electrons. The number of nitrogens with one attached hydrogen (secondary N) is 3. The van der Waals surface area contributed by atoms with Gasteiger partial charge in [-0.3, -0.25) is 4.79 Å². The molecule has 5 N–H and O–H groups in total. The van der Waals surface area contributed by atoms with E-state index in [1.165, 1.54) is 0 Å². The number of benzene rings is 4. The third kappa shape index (κ3) is 7.92. The topological polar surface area (TPSA) is 149 Å². The number of ether oxygens (including phenoxy) is 4. The highest BCUT2D eigenvalue weighted by Gasteiger charge is 2.19. The zero-order chi connectivity index (χ0) is 42.6. The molecule has 0 aliphatic carbocycles. The second-order valence-electron chi connectivity index (χ2n) is 14.6. The molecule has 2 aliphatic rings. The van der Waals surface area contributed by atoms with Gasteiger partial charge >= 0.3 is 0 Å². The molecule has 11 nitrogen and oxygen atoms in total. The minimum Gasteiger partial charge on any atom is -0.497 e. The molecule has 5 heterocycles. The molecule has 9 rings (SSSR count). The Kier molecular flexibility index (Phi) is 11.1. The van der Waals surface area contributed by atoms with Gasteiger partial charge in [0.1, 0.15) is 23.0 Å². The number of nitrogens with zero attached hydrogens (tertiary/aromatic N) is 2. The summed E-state index contributed by atoms with van der Waals surface area (Å²) in [5, 5.41) is 2.74. The molecule has 3 aromatic heterocycles. The van der Waals surface area contributed by atoms with Gasteiger partial charge in [0.25, 0.3) is 5.91 Å². The van der Waals surface area contributed by atoms with Crippen molar-refractivity contribution >= 4 is 52.3 Å². The Balaban J connectivity index is 1.34. The molecule has 0 atom stereocenters. The normalized spacial score (nSPS) is 11.7. The number of aromatic nitrogens is 4. The first kappa shape index (κ1) is 39.6. The van der Waals surface area contributed by atoms with Crippen molar-refractivity contribution in [1.82, 2.24) is 25.3 Å². The number of rotatable bonds is 12. The molecule has 7 aromatic rings. The number of methoxy groups -OCH3 is 3. The second-order valence-corrected chi connectivity index (χ2v) is 14.6. The van der Waals surface area contributed by atoms with E-state index in [1.54, 1.807) is 21.3 Å². The Morgan fingerprint density at radius 3 is 1.08 bits per heavy atom. The minimum absolute atomic E-state index is 0.116. The van der Waals surface area contributed by atoms with Gasteiger partial charge in [-0.25, -0.2) is 9.97 Å². The van der Waals surface area contributed by atoms with E-state index in [1.807, 2.05) is 84.9 Å². The van der Waals surface area contributed by atoms with Crippen LogP contribution in [0.4, 0.5) is 0 Å². The van der Waals surface area contributed by atoms with Crippen LogP contribution in [0.25, 0.3) is 90.9 Å². The third-order valence-corrected chi connectivity index (χ3v) is 10.9. The molecule has 0 fully saturated rings. The molecule has 8 bridgehead atoms. The van der Waals surface area contributed by atoms with E-state index in [4.69, 9.17) is 34.6 Å². The van der Waals surface area contributed by atoms with Gasteiger partial charge in [0, 0.05) is 57.4 Å². The Morgan fingerprint density at radius 2 is 0.790 bits per heavy atom. The predicted octanol–water partition coefficient (Wildman–Crippen LogP) is 9.80. The average molecular weight is 821 g/mol. The first-order valence-corrected chi connectivity index (χ1v) is 20.2. The second kappa shape index (κ2) is 17.4. The zero-order valence-electron chi connectivity index (χ0n) is 34.5. The number of carbonyl (C=O) groups excluding carboxylic acids is 1. The fourth-order valence-corrected chi connectivity index (χ4v) is 7.82. The molecule has 4 aromatic carbocycles. The maximum absolute atomic E-state index is 12.3. The largest absolute Gasteiger partial charge is 0.497 e. The number of hydrogen-bond donors (Lipinski definition) is 4. The van der Waals surface area contributed by atoms with E-state index in [0.29, 0.717) is 18.8 Å². The maximum atomic E-state index is 12.3. The Bertz CT molecular complexity index is 2960. The van der Waals surface area contributed by atoms with Crippen LogP contribution in [0.2, 0.25) is 0 Å². The SMILES string of the molecule is COc1ccc(-c2c3nc(c(-c4ccc(OC)cc4)c4ccc([nH]4)c(-c4ccc(OCC(=O)NCCN)cc4)c4nc(c(-c5ccc(OC)cc5)c5ccc2[nH]5)C=C4)C=C3)cc1. The smallest absolute Gasteiger partial charge is 0.257 e. The quantitative estimate of drug-likeness (QED) is 0.0952. The lowest BCUT2D eigenvalue weighted by Gasteiger charge is -2.09. The lowest BCUT2D eigenvalue weighted by molar-refractivity contribution is -0.123. The van der Waals surface area contributed by atoms with Crippen molar-refractivity contribution < 1.29 is 23.7 Å². The summed E-state index contributed by atoms with van der Waals surface area (Å²) >= 11 is 0. The fourth-order valence-electron chi connectivity index (χ4n) is 7.82. The minimum atomic E-state index is -0.234. The van der Waals surface area contributed by atoms with E-state index >= 15 is 0 Å². The van der Waals surface area contributed by atoms with Crippen LogP contribution in [0.3, 0.4) is 0 Å². The van der Waals surface area contributed by atoms with Crippen LogP contribution >= 0.6 is 0 Å². The summed E-state index contributed by atoms with van der Waals surface area (Å²) in [6.45, 7) is 0.629. The predicted molar refractivity (Wildman–Crippen MR) is 248 cm³/mol. The number of carbonyl (C=O) groups is 1.